The summed E-state index contributed by atoms with van der Waals surface area (Å²) in [7, 11) is 2.88. The number of amides is 1. The average Bonchev–Trinajstić information content (AvgIpc) is 2.61. The van der Waals surface area contributed by atoms with Gasteiger partial charge in [-0.3, -0.25) is 9.59 Å². The number of carbonyl (C=O) groups is 3. The molecule has 1 amide bonds. The molecule has 0 spiro atoms. The van der Waals surface area contributed by atoms with E-state index in [2.05, 4.69) is 10.1 Å². The van der Waals surface area contributed by atoms with Crippen molar-refractivity contribution in [2.75, 3.05) is 27.4 Å². The molecular weight excluding hydrogens is 314 g/mol. The Labute approximate surface area is 140 Å². The fraction of sp³-hybridized carbons (Fsp3) is 0.353. The van der Waals surface area contributed by atoms with Crippen LogP contribution in [0.3, 0.4) is 0 Å². The second-order valence-corrected chi connectivity index (χ2v) is 4.74. The third-order valence-electron chi connectivity index (χ3n) is 2.98. The molecule has 0 aliphatic rings. The second-order valence-electron chi connectivity index (χ2n) is 4.74. The van der Waals surface area contributed by atoms with Gasteiger partial charge in [0.2, 0.25) is 0 Å². The maximum absolute atomic E-state index is 11.5. The van der Waals surface area contributed by atoms with Gasteiger partial charge in [-0.05, 0) is 30.2 Å². The third kappa shape index (κ3) is 7.98. The first kappa shape index (κ1) is 19.2. The molecule has 1 aromatic carbocycles. The van der Waals surface area contributed by atoms with E-state index in [9.17, 15) is 14.4 Å². The zero-order chi connectivity index (χ0) is 17.8. The van der Waals surface area contributed by atoms with Crippen molar-refractivity contribution in [2.24, 2.45) is 0 Å². The van der Waals surface area contributed by atoms with E-state index in [4.69, 9.17) is 9.47 Å². The summed E-state index contributed by atoms with van der Waals surface area (Å²) in [4.78, 5) is 33.9. The lowest BCUT2D eigenvalue weighted by Crippen LogP contribution is -2.29. The van der Waals surface area contributed by atoms with Gasteiger partial charge in [-0.2, -0.15) is 0 Å². The molecule has 0 heterocycles. The predicted molar refractivity (Wildman–Crippen MR) is 87.2 cm³/mol. The summed E-state index contributed by atoms with van der Waals surface area (Å²) in [6.07, 6.45) is 3.51. The fourth-order valence-electron chi connectivity index (χ4n) is 1.68. The Balaban J connectivity index is 2.23. The van der Waals surface area contributed by atoms with Crippen molar-refractivity contribution in [1.29, 1.82) is 0 Å². The number of hydrogen-bond acceptors (Lipinski definition) is 6. The lowest BCUT2D eigenvalue weighted by molar-refractivity contribution is -0.143. The Morgan fingerprint density at radius 2 is 1.83 bits per heavy atom. The monoisotopic (exact) mass is 335 g/mol. The number of esters is 2. The molecule has 1 rings (SSSR count). The van der Waals surface area contributed by atoms with E-state index in [1.165, 1.54) is 13.2 Å². The number of carbonyl (C=O) groups excluding carboxylic acids is 3. The standard InChI is InChI=1S/C17H21NO6/c1-22-14-8-5-13(6-9-14)7-10-17(21)24-12-15(19)18-11-3-4-16(20)23-2/h5-10H,3-4,11-12H2,1-2H3,(H,18,19)/b10-7+. The highest BCUT2D eigenvalue weighted by molar-refractivity contribution is 5.89. The van der Waals surface area contributed by atoms with Gasteiger partial charge in [-0.25, -0.2) is 4.79 Å². The molecule has 0 aliphatic heterocycles. The Bertz CT molecular complexity index is 579. The number of nitrogens with one attached hydrogen (secondary N) is 1. The van der Waals surface area contributed by atoms with E-state index >= 15 is 0 Å². The summed E-state index contributed by atoms with van der Waals surface area (Å²) < 4.78 is 14.3. The highest BCUT2D eigenvalue weighted by Gasteiger charge is 2.05. The number of rotatable bonds is 9. The number of ether oxygens (including phenoxy) is 3. The third-order valence-corrected chi connectivity index (χ3v) is 2.98. The van der Waals surface area contributed by atoms with Gasteiger partial charge in [-0.1, -0.05) is 12.1 Å². The maximum Gasteiger partial charge on any atom is 0.331 e. The van der Waals surface area contributed by atoms with Crippen LogP contribution in [0, 0.1) is 0 Å². The second kappa shape index (κ2) is 10.8. The fourth-order valence-corrected chi connectivity index (χ4v) is 1.68. The first-order chi connectivity index (χ1) is 11.5. The molecule has 0 aliphatic carbocycles. The van der Waals surface area contributed by atoms with E-state index in [1.54, 1.807) is 37.5 Å². The Morgan fingerprint density at radius 1 is 1.12 bits per heavy atom. The number of benzene rings is 1. The van der Waals surface area contributed by atoms with Crippen molar-refractivity contribution < 1.29 is 28.6 Å². The van der Waals surface area contributed by atoms with Crippen LogP contribution in [0.15, 0.2) is 30.3 Å². The largest absolute Gasteiger partial charge is 0.497 e. The van der Waals surface area contributed by atoms with Crippen LogP contribution < -0.4 is 10.1 Å². The molecule has 1 aromatic rings. The van der Waals surface area contributed by atoms with Gasteiger partial charge in [0, 0.05) is 19.0 Å². The minimum absolute atomic E-state index is 0.223. The van der Waals surface area contributed by atoms with Gasteiger partial charge in [0.25, 0.3) is 5.91 Å². The van der Waals surface area contributed by atoms with E-state index in [0.29, 0.717) is 13.0 Å². The van der Waals surface area contributed by atoms with Crippen molar-refractivity contribution in [3.05, 3.63) is 35.9 Å². The van der Waals surface area contributed by atoms with E-state index in [-0.39, 0.29) is 19.0 Å². The Morgan fingerprint density at radius 3 is 2.46 bits per heavy atom. The van der Waals surface area contributed by atoms with Crippen LogP contribution in [0.4, 0.5) is 0 Å². The van der Waals surface area contributed by atoms with Crippen molar-refractivity contribution in [1.82, 2.24) is 5.32 Å². The molecule has 0 unspecified atom stereocenters. The van der Waals surface area contributed by atoms with Gasteiger partial charge >= 0.3 is 11.9 Å². The van der Waals surface area contributed by atoms with E-state index < -0.39 is 11.9 Å². The summed E-state index contributed by atoms with van der Waals surface area (Å²) in [5.41, 5.74) is 0.806. The van der Waals surface area contributed by atoms with Crippen LogP contribution in [0.1, 0.15) is 18.4 Å². The van der Waals surface area contributed by atoms with Crippen molar-refractivity contribution in [3.8, 4) is 5.75 Å². The van der Waals surface area contributed by atoms with Crippen molar-refractivity contribution >= 4 is 23.9 Å². The molecule has 0 saturated heterocycles. The van der Waals surface area contributed by atoms with Crippen LogP contribution in [-0.4, -0.2) is 45.2 Å². The summed E-state index contributed by atoms with van der Waals surface area (Å²) in [5, 5.41) is 2.54. The van der Waals surface area contributed by atoms with E-state index in [0.717, 1.165) is 11.3 Å². The summed E-state index contributed by atoms with van der Waals surface area (Å²) in [6.45, 7) is -0.0584. The molecule has 1 N–H and O–H groups in total. The lowest BCUT2D eigenvalue weighted by atomic mass is 10.2. The van der Waals surface area contributed by atoms with Crippen LogP contribution in [-0.2, 0) is 23.9 Å². The smallest absolute Gasteiger partial charge is 0.331 e. The van der Waals surface area contributed by atoms with Gasteiger partial charge in [-0.15, -0.1) is 0 Å². The quantitative estimate of drug-likeness (QED) is 0.416. The van der Waals surface area contributed by atoms with Crippen LogP contribution in [0.2, 0.25) is 0 Å². The normalized spacial score (nSPS) is 10.2. The molecule has 130 valence electrons. The van der Waals surface area contributed by atoms with Gasteiger partial charge in [0.05, 0.1) is 14.2 Å². The molecule has 0 fully saturated rings. The van der Waals surface area contributed by atoms with Gasteiger partial charge < -0.3 is 19.5 Å². The topological polar surface area (TPSA) is 90.9 Å². The highest BCUT2D eigenvalue weighted by Crippen LogP contribution is 2.12. The molecule has 24 heavy (non-hydrogen) atoms. The molecule has 0 atom stereocenters. The molecular formula is C17H21NO6. The minimum atomic E-state index is -0.615. The van der Waals surface area contributed by atoms with E-state index in [1.807, 2.05) is 0 Å². The molecule has 0 saturated carbocycles. The Hall–Kier alpha value is -2.83. The van der Waals surface area contributed by atoms with Crippen molar-refractivity contribution in [2.45, 2.75) is 12.8 Å². The first-order valence-electron chi connectivity index (χ1n) is 7.37. The van der Waals surface area contributed by atoms with Gasteiger partial charge in [0.1, 0.15) is 5.75 Å². The molecule has 0 bridgehead atoms. The minimum Gasteiger partial charge on any atom is -0.497 e. The number of hydrogen-bond donors (Lipinski definition) is 1. The summed E-state index contributed by atoms with van der Waals surface area (Å²) in [5.74, 6) is -0.653. The molecule has 0 aromatic heterocycles. The SMILES string of the molecule is COC(=O)CCCNC(=O)COC(=O)/C=C/c1ccc(OC)cc1. The molecule has 7 heteroatoms. The maximum atomic E-state index is 11.5. The average molecular weight is 335 g/mol. The highest BCUT2D eigenvalue weighted by atomic mass is 16.5. The zero-order valence-electron chi connectivity index (χ0n) is 13.7. The summed E-state index contributed by atoms with van der Waals surface area (Å²) >= 11 is 0. The predicted octanol–water partition coefficient (Wildman–Crippen LogP) is 1.32. The summed E-state index contributed by atoms with van der Waals surface area (Å²) in [6, 6.07) is 7.12. The zero-order valence-corrected chi connectivity index (χ0v) is 13.7. The van der Waals surface area contributed by atoms with Crippen LogP contribution in [0.5, 0.6) is 5.75 Å². The van der Waals surface area contributed by atoms with Crippen LogP contribution >= 0.6 is 0 Å². The van der Waals surface area contributed by atoms with Gasteiger partial charge in [0.15, 0.2) is 6.61 Å². The lowest BCUT2D eigenvalue weighted by Gasteiger charge is -2.05. The Kier molecular flexibility index (Phi) is 8.67. The molecule has 7 nitrogen and oxygen atoms in total. The van der Waals surface area contributed by atoms with Crippen LogP contribution in [0.25, 0.3) is 6.08 Å². The van der Waals surface area contributed by atoms with Crippen molar-refractivity contribution in [3.63, 3.8) is 0 Å². The molecule has 0 radical (unpaired) electrons. The first-order valence-corrected chi connectivity index (χ1v) is 7.37. The number of methoxy groups -OCH3 is 2.